The first-order chi connectivity index (χ1) is 9.63. The number of carbonyl (C=O) groups is 1. The number of carbonyl (C=O) groups excluding carboxylic acids is 1. The Balaban J connectivity index is 2.20. The molecule has 0 heterocycles. The number of hydrogen-bond donors (Lipinski definition) is 3. The van der Waals surface area contributed by atoms with Crippen molar-refractivity contribution in [2.45, 2.75) is 25.8 Å². The van der Waals surface area contributed by atoms with E-state index in [4.69, 9.17) is 5.11 Å². The molecule has 106 valence electrons. The van der Waals surface area contributed by atoms with Gasteiger partial charge in [-0.25, -0.2) is 0 Å². The van der Waals surface area contributed by atoms with Gasteiger partial charge in [-0.3, -0.25) is 4.79 Å². The number of benzene rings is 2. The minimum atomic E-state index is -0.293. The van der Waals surface area contributed by atoms with Crippen molar-refractivity contribution in [1.29, 1.82) is 0 Å². The summed E-state index contributed by atoms with van der Waals surface area (Å²) in [6.07, 6.45) is 1.35. The summed E-state index contributed by atoms with van der Waals surface area (Å²) in [4.78, 5) is 12.1. The first-order valence-electron chi connectivity index (χ1n) is 6.76. The number of nitrogens with one attached hydrogen (secondary N) is 1. The molecule has 4 nitrogen and oxygen atoms in total. The van der Waals surface area contributed by atoms with Crippen molar-refractivity contribution in [2.75, 3.05) is 6.61 Å². The Hall–Kier alpha value is -2.07. The molecule has 2 aromatic carbocycles. The van der Waals surface area contributed by atoms with Crippen LogP contribution in [0.3, 0.4) is 0 Å². The van der Waals surface area contributed by atoms with Crippen LogP contribution in [-0.4, -0.2) is 28.8 Å². The van der Waals surface area contributed by atoms with E-state index in [0.29, 0.717) is 18.2 Å². The van der Waals surface area contributed by atoms with Gasteiger partial charge < -0.3 is 15.5 Å². The second kappa shape index (κ2) is 6.39. The zero-order valence-electron chi connectivity index (χ0n) is 11.5. The lowest BCUT2D eigenvalue weighted by atomic mass is 10.0. The van der Waals surface area contributed by atoms with Crippen LogP contribution >= 0.6 is 0 Å². The van der Waals surface area contributed by atoms with Crippen LogP contribution in [0.2, 0.25) is 0 Å². The Labute approximate surface area is 118 Å². The number of aliphatic hydroxyl groups excluding tert-OH is 1. The average Bonchev–Trinajstić information content (AvgIpc) is 2.45. The summed E-state index contributed by atoms with van der Waals surface area (Å²) < 4.78 is 0. The third-order valence-electron chi connectivity index (χ3n) is 3.32. The van der Waals surface area contributed by atoms with Crippen molar-refractivity contribution >= 4 is 16.7 Å². The number of phenols is 1. The van der Waals surface area contributed by atoms with Crippen LogP contribution in [0.1, 0.15) is 30.1 Å². The smallest absolute Gasteiger partial charge is 0.255 e. The van der Waals surface area contributed by atoms with Crippen LogP contribution in [0.15, 0.2) is 36.4 Å². The Kier molecular flexibility index (Phi) is 4.58. The lowest BCUT2D eigenvalue weighted by molar-refractivity contribution is 0.0934. The van der Waals surface area contributed by atoms with Gasteiger partial charge in [0.1, 0.15) is 5.75 Å². The van der Waals surface area contributed by atoms with Crippen molar-refractivity contribution in [1.82, 2.24) is 5.32 Å². The Morgan fingerprint density at radius 1 is 1.25 bits per heavy atom. The molecule has 1 amide bonds. The fourth-order valence-corrected chi connectivity index (χ4v) is 2.21. The van der Waals surface area contributed by atoms with Crippen LogP contribution in [0.4, 0.5) is 0 Å². The highest BCUT2D eigenvalue weighted by molar-refractivity contribution is 6.03. The maximum Gasteiger partial charge on any atom is 0.255 e. The lowest BCUT2D eigenvalue weighted by Crippen LogP contribution is -2.32. The third kappa shape index (κ3) is 3.08. The van der Waals surface area contributed by atoms with Gasteiger partial charge in [0.25, 0.3) is 5.91 Å². The predicted octanol–water partition coefficient (Wildman–Crippen LogP) is 2.44. The van der Waals surface area contributed by atoms with Gasteiger partial charge in [-0.2, -0.15) is 0 Å². The van der Waals surface area contributed by atoms with Gasteiger partial charge in [0.05, 0.1) is 5.56 Å². The van der Waals surface area contributed by atoms with E-state index in [1.165, 1.54) is 0 Å². The van der Waals surface area contributed by atoms with Crippen molar-refractivity contribution in [3.63, 3.8) is 0 Å². The van der Waals surface area contributed by atoms with E-state index < -0.39 is 0 Å². The molecule has 0 aliphatic rings. The van der Waals surface area contributed by atoms with Gasteiger partial charge in [0.2, 0.25) is 0 Å². The molecule has 1 atom stereocenters. The van der Waals surface area contributed by atoms with Gasteiger partial charge in [0.15, 0.2) is 0 Å². The van der Waals surface area contributed by atoms with Crippen molar-refractivity contribution in [2.24, 2.45) is 0 Å². The fourth-order valence-electron chi connectivity index (χ4n) is 2.21. The first-order valence-corrected chi connectivity index (χ1v) is 6.76. The highest BCUT2D eigenvalue weighted by Crippen LogP contribution is 2.28. The molecule has 4 heteroatoms. The monoisotopic (exact) mass is 273 g/mol. The van der Waals surface area contributed by atoms with Crippen molar-refractivity contribution < 1.29 is 15.0 Å². The van der Waals surface area contributed by atoms with E-state index in [1.807, 2.05) is 31.2 Å². The Morgan fingerprint density at radius 3 is 2.75 bits per heavy atom. The molecule has 0 spiro atoms. The molecule has 0 aliphatic heterocycles. The van der Waals surface area contributed by atoms with Crippen LogP contribution in [0.25, 0.3) is 10.8 Å². The maximum atomic E-state index is 12.1. The molecule has 20 heavy (non-hydrogen) atoms. The molecule has 0 saturated heterocycles. The van der Waals surface area contributed by atoms with Crippen LogP contribution in [0, 0.1) is 0 Å². The van der Waals surface area contributed by atoms with Crippen LogP contribution in [0.5, 0.6) is 5.75 Å². The van der Waals surface area contributed by atoms with Gasteiger partial charge in [-0.15, -0.1) is 0 Å². The number of rotatable bonds is 5. The van der Waals surface area contributed by atoms with Gasteiger partial charge in [0, 0.05) is 18.0 Å². The second-order valence-corrected chi connectivity index (χ2v) is 4.92. The second-order valence-electron chi connectivity index (χ2n) is 4.92. The highest BCUT2D eigenvalue weighted by atomic mass is 16.3. The quantitative estimate of drug-likeness (QED) is 0.783. The van der Waals surface area contributed by atoms with Crippen LogP contribution < -0.4 is 5.32 Å². The molecule has 0 aromatic heterocycles. The summed E-state index contributed by atoms with van der Waals surface area (Å²) >= 11 is 0. The lowest BCUT2D eigenvalue weighted by Gasteiger charge is -2.14. The molecular weight excluding hydrogens is 254 g/mol. The van der Waals surface area contributed by atoms with E-state index in [9.17, 15) is 9.90 Å². The highest BCUT2D eigenvalue weighted by Gasteiger charge is 2.15. The van der Waals surface area contributed by atoms with Crippen LogP contribution in [-0.2, 0) is 0 Å². The van der Waals surface area contributed by atoms with E-state index in [2.05, 4.69) is 5.32 Å². The van der Waals surface area contributed by atoms with E-state index >= 15 is 0 Å². The molecule has 2 rings (SSSR count). The molecule has 2 aromatic rings. The summed E-state index contributed by atoms with van der Waals surface area (Å²) in [5.74, 6) is -0.284. The average molecular weight is 273 g/mol. The summed E-state index contributed by atoms with van der Waals surface area (Å²) in [7, 11) is 0. The fraction of sp³-hybridized carbons (Fsp3) is 0.312. The standard InChI is InChI=1S/C16H19NO3/c1-11(5-4-10-18)17-16(20)14-9-8-12-6-2-3-7-13(12)15(14)19/h2-3,6-9,11,18-19H,4-5,10H2,1H3,(H,17,20). The third-order valence-corrected chi connectivity index (χ3v) is 3.32. The Morgan fingerprint density at radius 2 is 2.00 bits per heavy atom. The zero-order valence-corrected chi connectivity index (χ0v) is 11.5. The molecule has 0 fully saturated rings. The minimum Gasteiger partial charge on any atom is -0.506 e. The SMILES string of the molecule is CC(CCCO)NC(=O)c1ccc2ccccc2c1O. The van der Waals surface area contributed by atoms with Gasteiger partial charge >= 0.3 is 0 Å². The van der Waals surface area contributed by atoms with Crippen molar-refractivity contribution in [3.8, 4) is 5.75 Å². The number of aliphatic hydroxyl groups is 1. The topological polar surface area (TPSA) is 69.6 Å². The van der Waals surface area contributed by atoms with E-state index in [1.54, 1.807) is 12.1 Å². The van der Waals surface area contributed by atoms with E-state index in [-0.39, 0.29) is 29.9 Å². The van der Waals surface area contributed by atoms with Gasteiger partial charge in [-0.1, -0.05) is 30.3 Å². The number of aromatic hydroxyl groups is 1. The number of amides is 1. The largest absolute Gasteiger partial charge is 0.506 e. The molecule has 0 bridgehead atoms. The molecule has 0 radical (unpaired) electrons. The number of fused-ring (bicyclic) bond motifs is 1. The normalized spacial score (nSPS) is 12.3. The predicted molar refractivity (Wildman–Crippen MR) is 78.9 cm³/mol. The summed E-state index contributed by atoms with van der Waals surface area (Å²) in [6.45, 7) is 1.99. The number of hydrogen-bond acceptors (Lipinski definition) is 3. The molecule has 3 N–H and O–H groups in total. The molecule has 0 saturated carbocycles. The zero-order chi connectivity index (χ0) is 14.5. The van der Waals surface area contributed by atoms with Crippen molar-refractivity contribution in [3.05, 3.63) is 42.0 Å². The summed E-state index contributed by atoms with van der Waals surface area (Å²) in [5, 5.41) is 23.4. The molecule has 0 aliphatic carbocycles. The summed E-state index contributed by atoms with van der Waals surface area (Å²) in [6, 6.07) is 10.8. The number of phenolic OH excluding ortho intramolecular Hbond substituents is 1. The first kappa shape index (κ1) is 14.3. The summed E-state index contributed by atoms with van der Waals surface area (Å²) in [5.41, 5.74) is 0.277. The van der Waals surface area contributed by atoms with Gasteiger partial charge in [-0.05, 0) is 31.2 Å². The maximum absolute atomic E-state index is 12.1. The minimum absolute atomic E-state index is 0.00922. The molecule has 1 unspecified atom stereocenters. The van der Waals surface area contributed by atoms with E-state index in [0.717, 1.165) is 5.39 Å². The Bertz CT molecular complexity index is 610. The molecular formula is C16H19NO3.